The highest BCUT2D eigenvalue weighted by molar-refractivity contribution is 5.69. The van der Waals surface area contributed by atoms with Crippen molar-refractivity contribution in [2.45, 2.75) is 77.4 Å². The van der Waals surface area contributed by atoms with E-state index in [1.54, 1.807) is 0 Å². The van der Waals surface area contributed by atoms with Gasteiger partial charge in [-0.2, -0.15) is 0 Å². The van der Waals surface area contributed by atoms with Crippen LogP contribution in [0, 0.1) is 5.92 Å². The van der Waals surface area contributed by atoms with Crippen LogP contribution in [0.25, 0.3) is 0 Å². The summed E-state index contributed by atoms with van der Waals surface area (Å²) in [7, 11) is 0. The second-order valence-corrected chi connectivity index (χ2v) is 7.61. The van der Waals surface area contributed by atoms with Gasteiger partial charge in [-0.05, 0) is 58.9 Å². The molecule has 0 bridgehead atoms. The maximum absolute atomic E-state index is 12.2. The summed E-state index contributed by atoms with van der Waals surface area (Å²) < 4.78 is 5.51. The van der Waals surface area contributed by atoms with Crippen molar-refractivity contribution in [2.24, 2.45) is 5.92 Å². The van der Waals surface area contributed by atoms with Crippen LogP contribution in [-0.2, 0) is 4.74 Å². The third-order valence-corrected chi connectivity index (χ3v) is 4.30. The minimum atomic E-state index is -0.403. The first-order valence-corrected chi connectivity index (χ1v) is 8.66. The average Bonchev–Trinajstić information content (AvgIpc) is 3.22. The Morgan fingerprint density at radius 1 is 1.14 bits per heavy atom. The molecule has 1 N–H and O–H groups in total. The van der Waals surface area contributed by atoms with E-state index in [2.05, 4.69) is 5.32 Å². The molecule has 0 spiro atoms. The molecule has 0 atom stereocenters. The summed E-state index contributed by atoms with van der Waals surface area (Å²) in [5.41, 5.74) is -0.403. The van der Waals surface area contributed by atoms with Crippen LogP contribution < -0.4 is 5.32 Å². The maximum atomic E-state index is 12.2. The summed E-state index contributed by atoms with van der Waals surface area (Å²) in [5, 5.41) is 3.54. The Balaban J connectivity index is 1.67. The van der Waals surface area contributed by atoms with Gasteiger partial charge < -0.3 is 15.0 Å². The molecule has 0 aliphatic heterocycles. The first kappa shape index (κ1) is 16.6. The molecule has 0 aromatic carbocycles. The molecular formula is C17H32N2O2. The fraction of sp³-hybridized carbons (Fsp3) is 0.941. The predicted molar refractivity (Wildman–Crippen MR) is 85.4 cm³/mol. The second kappa shape index (κ2) is 7.48. The van der Waals surface area contributed by atoms with E-state index in [9.17, 15) is 4.79 Å². The number of rotatable bonds is 6. The molecule has 0 saturated heterocycles. The first-order valence-electron chi connectivity index (χ1n) is 8.66. The molecule has 0 heterocycles. The van der Waals surface area contributed by atoms with Crippen molar-refractivity contribution in [1.82, 2.24) is 10.2 Å². The van der Waals surface area contributed by atoms with Gasteiger partial charge >= 0.3 is 6.09 Å². The van der Waals surface area contributed by atoms with Gasteiger partial charge in [0.25, 0.3) is 0 Å². The molecule has 4 heteroatoms. The summed E-state index contributed by atoms with van der Waals surface area (Å²) >= 11 is 0. The number of hydrogen-bond donors (Lipinski definition) is 1. The average molecular weight is 296 g/mol. The lowest BCUT2D eigenvalue weighted by Crippen LogP contribution is -2.42. The lowest BCUT2D eigenvalue weighted by atomic mass is 9.89. The molecule has 122 valence electrons. The molecule has 2 rings (SSSR count). The van der Waals surface area contributed by atoms with Crippen molar-refractivity contribution < 1.29 is 9.53 Å². The van der Waals surface area contributed by atoms with Crippen LogP contribution in [0.3, 0.4) is 0 Å². The van der Waals surface area contributed by atoms with Gasteiger partial charge in [-0.15, -0.1) is 0 Å². The Morgan fingerprint density at radius 2 is 1.81 bits per heavy atom. The molecule has 2 fully saturated rings. The molecule has 4 nitrogen and oxygen atoms in total. The van der Waals surface area contributed by atoms with Crippen LogP contribution in [-0.4, -0.2) is 42.3 Å². The van der Waals surface area contributed by atoms with E-state index in [0.29, 0.717) is 6.04 Å². The molecule has 0 aromatic heterocycles. The predicted octanol–water partition coefficient (Wildman–Crippen LogP) is 3.56. The third-order valence-electron chi connectivity index (χ3n) is 4.30. The Bertz CT molecular complexity index is 328. The monoisotopic (exact) mass is 296 g/mol. The zero-order valence-electron chi connectivity index (χ0n) is 14.0. The topological polar surface area (TPSA) is 41.6 Å². The lowest BCUT2D eigenvalue weighted by molar-refractivity contribution is 0.0235. The summed E-state index contributed by atoms with van der Waals surface area (Å²) in [6.07, 6.45) is 9.02. The van der Waals surface area contributed by atoms with Crippen molar-refractivity contribution in [2.75, 3.05) is 19.6 Å². The second-order valence-electron chi connectivity index (χ2n) is 7.61. The molecule has 2 saturated carbocycles. The number of carbonyl (C=O) groups excluding carboxylic acids is 1. The van der Waals surface area contributed by atoms with Gasteiger partial charge in [0.1, 0.15) is 5.60 Å². The highest BCUT2D eigenvalue weighted by Gasteiger charge is 2.34. The smallest absolute Gasteiger partial charge is 0.410 e. The summed E-state index contributed by atoms with van der Waals surface area (Å²) in [4.78, 5) is 14.1. The standard InChI is InChI=1S/C17H32N2O2/c1-17(2,3)21-16(20)19(15-9-10-15)12-11-18-13-14-7-5-4-6-8-14/h14-15,18H,4-13H2,1-3H3. The fourth-order valence-electron chi connectivity index (χ4n) is 3.03. The molecule has 0 radical (unpaired) electrons. The van der Waals surface area contributed by atoms with E-state index < -0.39 is 5.60 Å². The number of ether oxygens (including phenoxy) is 1. The number of hydrogen-bond acceptors (Lipinski definition) is 3. The van der Waals surface area contributed by atoms with E-state index in [1.165, 1.54) is 32.1 Å². The maximum Gasteiger partial charge on any atom is 0.410 e. The minimum Gasteiger partial charge on any atom is -0.444 e. The van der Waals surface area contributed by atoms with Crippen LogP contribution in [0.2, 0.25) is 0 Å². The van der Waals surface area contributed by atoms with Crippen LogP contribution in [0.5, 0.6) is 0 Å². The van der Waals surface area contributed by atoms with Gasteiger partial charge in [0.15, 0.2) is 0 Å². The number of carbonyl (C=O) groups is 1. The highest BCUT2D eigenvalue weighted by atomic mass is 16.6. The normalized spacial score (nSPS) is 20.3. The van der Waals surface area contributed by atoms with Gasteiger partial charge in [-0.1, -0.05) is 19.3 Å². The quantitative estimate of drug-likeness (QED) is 0.762. The molecule has 0 unspecified atom stereocenters. The zero-order chi connectivity index (χ0) is 15.3. The van der Waals surface area contributed by atoms with Crippen molar-refractivity contribution in [1.29, 1.82) is 0 Å². The van der Waals surface area contributed by atoms with Gasteiger partial charge in [0, 0.05) is 19.1 Å². The number of amides is 1. The summed E-state index contributed by atoms with van der Waals surface area (Å²) in [5.74, 6) is 0.842. The summed E-state index contributed by atoms with van der Waals surface area (Å²) in [6.45, 7) is 8.54. The van der Waals surface area contributed by atoms with E-state index in [0.717, 1.165) is 38.4 Å². The largest absolute Gasteiger partial charge is 0.444 e. The van der Waals surface area contributed by atoms with E-state index in [-0.39, 0.29) is 6.09 Å². The minimum absolute atomic E-state index is 0.149. The Kier molecular flexibility index (Phi) is 5.91. The lowest BCUT2D eigenvalue weighted by Gasteiger charge is -2.28. The molecule has 0 aromatic rings. The van der Waals surface area contributed by atoms with Crippen LogP contribution >= 0.6 is 0 Å². The van der Waals surface area contributed by atoms with Gasteiger partial charge in [-0.3, -0.25) is 0 Å². The van der Waals surface area contributed by atoms with Gasteiger partial charge in [0.05, 0.1) is 0 Å². The molecule has 2 aliphatic carbocycles. The molecular weight excluding hydrogens is 264 g/mol. The molecule has 21 heavy (non-hydrogen) atoms. The molecule has 1 amide bonds. The fourth-order valence-corrected chi connectivity index (χ4v) is 3.03. The number of nitrogens with zero attached hydrogens (tertiary/aromatic N) is 1. The first-order chi connectivity index (χ1) is 9.96. The Labute approximate surface area is 129 Å². The van der Waals surface area contributed by atoms with Crippen molar-refractivity contribution >= 4 is 6.09 Å². The van der Waals surface area contributed by atoms with E-state index >= 15 is 0 Å². The van der Waals surface area contributed by atoms with Gasteiger partial charge in [0.2, 0.25) is 0 Å². The van der Waals surface area contributed by atoms with Crippen LogP contribution in [0.15, 0.2) is 0 Å². The SMILES string of the molecule is CC(C)(C)OC(=O)N(CCNCC1CCCCC1)C1CC1. The van der Waals surface area contributed by atoms with Crippen LogP contribution in [0.1, 0.15) is 65.7 Å². The Morgan fingerprint density at radius 3 is 2.38 bits per heavy atom. The highest BCUT2D eigenvalue weighted by Crippen LogP contribution is 2.28. The van der Waals surface area contributed by atoms with Crippen molar-refractivity contribution in [3.63, 3.8) is 0 Å². The van der Waals surface area contributed by atoms with E-state index in [1.807, 2.05) is 25.7 Å². The zero-order valence-corrected chi connectivity index (χ0v) is 14.0. The van der Waals surface area contributed by atoms with Gasteiger partial charge in [-0.25, -0.2) is 4.79 Å². The number of nitrogens with one attached hydrogen (secondary N) is 1. The molecule has 2 aliphatic rings. The van der Waals surface area contributed by atoms with Crippen molar-refractivity contribution in [3.05, 3.63) is 0 Å². The van der Waals surface area contributed by atoms with Crippen LogP contribution in [0.4, 0.5) is 4.79 Å². The Hall–Kier alpha value is -0.770. The third kappa shape index (κ3) is 6.25. The van der Waals surface area contributed by atoms with Crippen molar-refractivity contribution in [3.8, 4) is 0 Å². The summed E-state index contributed by atoms with van der Waals surface area (Å²) in [6, 6.07) is 0.413. The van der Waals surface area contributed by atoms with E-state index in [4.69, 9.17) is 4.74 Å².